The monoisotopic (exact) mass is 401 g/mol. The minimum Gasteiger partial charge on any atom is -0.490 e. The zero-order valence-corrected chi connectivity index (χ0v) is 15.9. The second kappa shape index (κ2) is 10.4. The normalized spacial score (nSPS) is 14.8. The van der Waals surface area contributed by atoms with E-state index in [4.69, 9.17) is 23.7 Å². The van der Waals surface area contributed by atoms with Crippen LogP contribution >= 0.6 is 0 Å². The van der Waals surface area contributed by atoms with Gasteiger partial charge in [0.05, 0.1) is 19.8 Å². The van der Waals surface area contributed by atoms with Gasteiger partial charge in [-0.25, -0.2) is 9.59 Å². The molecule has 3 rings (SSSR count). The van der Waals surface area contributed by atoms with Crippen LogP contribution < -0.4 is 14.8 Å². The molecule has 8 nitrogen and oxygen atoms in total. The lowest BCUT2D eigenvalue weighted by atomic mass is 10.1. The van der Waals surface area contributed by atoms with Crippen molar-refractivity contribution in [1.82, 2.24) is 5.32 Å². The molecule has 154 valence electrons. The van der Waals surface area contributed by atoms with E-state index in [1.165, 1.54) is 0 Å². The fraction of sp³-hybridized carbons (Fsp3) is 0.333. The summed E-state index contributed by atoms with van der Waals surface area (Å²) in [6.45, 7) is 5.40. The van der Waals surface area contributed by atoms with Crippen molar-refractivity contribution in [3.8, 4) is 11.5 Å². The Hall–Kier alpha value is -3.10. The Morgan fingerprint density at radius 2 is 1.83 bits per heavy atom. The van der Waals surface area contributed by atoms with Crippen LogP contribution in [0.2, 0.25) is 0 Å². The molecule has 0 saturated carbocycles. The number of epoxide rings is 1. The van der Waals surface area contributed by atoms with Crippen LogP contribution in [0.1, 0.15) is 0 Å². The highest BCUT2D eigenvalue weighted by molar-refractivity contribution is 5.94. The third-order valence-corrected chi connectivity index (χ3v) is 4.03. The lowest BCUT2D eigenvalue weighted by Crippen LogP contribution is -2.30. The van der Waals surface area contributed by atoms with Gasteiger partial charge < -0.3 is 29.0 Å². The van der Waals surface area contributed by atoms with Gasteiger partial charge in [0.25, 0.3) is 0 Å². The van der Waals surface area contributed by atoms with Crippen molar-refractivity contribution in [2.45, 2.75) is 6.10 Å². The Morgan fingerprint density at radius 3 is 2.55 bits per heavy atom. The van der Waals surface area contributed by atoms with Crippen molar-refractivity contribution in [2.75, 3.05) is 39.6 Å². The summed E-state index contributed by atoms with van der Waals surface area (Å²) in [7, 11) is 0. The molecule has 1 atom stereocenters. The number of rotatable bonds is 11. The number of ether oxygens (including phenoxy) is 5. The highest BCUT2D eigenvalue weighted by Crippen LogP contribution is 2.33. The van der Waals surface area contributed by atoms with Gasteiger partial charge in [0, 0.05) is 23.4 Å². The molecule has 1 aliphatic rings. The predicted molar refractivity (Wildman–Crippen MR) is 105 cm³/mol. The number of fused-ring (bicyclic) bond motifs is 1. The van der Waals surface area contributed by atoms with Gasteiger partial charge >= 0.3 is 12.1 Å². The number of carbonyl (C=O) groups is 2. The molecule has 29 heavy (non-hydrogen) atoms. The second-order valence-corrected chi connectivity index (χ2v) is 6.17. The summed E-state index contributed by atoms with van der Waals surface area (Å²) in [5.74, 6) is 0.652. The summed E-state index contributed by atoms with van der Waals surface area (Å²) < 4.78 is 26.4. The van der Waals surface area contributed by atoms with Crippen LogP contribution in [0.4, 0.5) is 4.79 Å². The van der Waals surface area contributed by atoms with E-state index in [0.717, 1.165) is 29.2 Å². The zero-order valence-electron chi connectivity index (χ0n) is 15.9. The molecule has 0 aromatic heterocycles. The van der Waals surface area contributed by atoms with E-state index in [0.29, 0.717) is 12.4 Å². The van der Waals surface area contributed by atoms with Crippen LogP contribution in [0, 0.1) is 0 Å². The molecule has 0 spiro atoms. The average molecular weight is 401 g/mol. The molecule has 2 aromatic rings. The van der Waals surface area contributed by atoms with E-state index in [2.05, 4.69) is 11.9 Å². The van der Waals surface area contributed by atoms with Crippen LogP contribution in [0.5, 0.6) is 11.5 Å². The molecule has 1 unspecified atom stereocenters. The molecule has 1 heterocycles. The van der Waals surface area contributed by atoms with E-state index < -0.39 is 12.1 Å². The summed E-state index contributed by atoms with van der Waals surface area (Å²) in [6, 6.07) is 11.0. The molecule has 0 radical (unpaired) electrons. The van der Waals surface area contributed by atoms with Crippen LogP contribution in [0.15, 0.2) is 49.1 Å². The van der Waals surface area contributed by atoms with Gasteiger partial charge in [0.1, 0.15) is 30.8 Å². The number of esters is 1. The average Bonchev–Trinajstić information content (AvgIpc) is 3.56. The molecule has 1 fully saturated rings. The number of amides is 1. The highest BCUT2D eigenvalue weighted by Gasteiger charge is 2.23. The summed E-state index contributed by atoms with van der Waals surface area (Å²) in [5.41, 5.74) is 0. The summed E-state index contributed by atoms with van der Waals surface area (Å²) in [6.07, 6.45) is 0.658. The molecule has 1 amide bonds. The smallest absolute Gasteiger partial charge is 0.412 e. The maximum absolute atomic E-state index is 12.1. The van der Waals surface area contributed by atoms with Crippen molar-refractivity contribution in [3.63, 3.8) is 0 Å². The third-order valence-electron chi connectivity index (χ3n) is 4.03. The first-order valence-electron chi connectivity index (χ1n) is 9.26. The number of carbonyl (C=O) groups excluding carboxylic acids is 2. The molecule has 1 saturated heterocycles. The number of nitrogens with one attached hydrogen (secondary N) is 1. The number of hydrogen-bond donors (Lipinski definition) is 1. The van der Waals surface area contributed by atoms with E-state index in [1.807, 2.05) is 24.3 Å². The Kier molecular flexibility index (Phi) is 7.43. The van der Waals surface area contributed by atoms with Crippen molar-refractivity contribution < 1.29 is 33.3 Å². The van der Waals surface area contributed by atoms with Gasteiger partial charge in [-0.15, -0.1) is 0 Å². The largest absolute Gasteiger partial charge is 0.490 e. The minimum absolute atomic E-state index is 0.128. The molecule has 2 aromatic carbocycles. The minimum atomic E-state index is -0.586. The first kappa shape index (κ1) is 20.6. The van der Waals surface area contributed by atoms with E-state index in [9.17, 15) is 9.59 Å². The van der Waals surface area contributed by atoms with Gasteiger partial charge in [-0.1, -0.05) is 30.8 Å². The molecule has 8 heteroatoms. The van der Waals surface area contributed by atoms with Crippen LogP contribution in [-0.4, -0.2) is 57.7 Å². The van der Waals surface area contributed by atoms with Crippen LogP contribution in [0.3, 0.4) is 0 Å². The molecule has 1 aliphatic heterocycles. The fourth-order valence-electron chi connectivity index (χ4n) is 2.53. The molecule has 1 N–H and O–H groups in total. The second-order valence-electron chi connectivity index (χ2n) is 6.17. The van der Waals surface area contributed by atoms with Gasteiger partial charge in [-0.3, -0.25) is 0 Å². The van der Waals surface area contributed by atoms with E-state index in [-0.39, 0.29) is 32.5 Å². The third kappa shape index (κ3) is 6.48. The lowest BCUT2D eigenvalue weighted by molar-refractivity contribution is -0.139. The van der Waals surface area contributed by atoms with Crippen molar-refractivity contribution in [1.29, 1.82) is 0 Å². The molecular formula is C21H23NO7. The summed E-state index contributed by atoms with van der Waals surface area (Å²) in [4.78, 5) is 22.9. The first-order chi connectivity index (χ1) is 14.2. The van der Waals surface area contributed by atoms with Gasteiger partial charge in [0.2, 0.25) is 0 Å². The molecule has 0 aliphatic carbocycles. The number of hydrogen-bond acceptors (Lipinski definition) is 7. The highest BCUT2D eigenvalue weighted by atomic mass is 16.6. The van der Waals surface area contributed by atoms with Crippen LogP contribution in [-0.2, 0) is 19.0 Å². The maximum Gasteiger partial charge on any atom is 0.412 e. The van der Waals surface area contributed by atoms with E-state index in [1.54, 1.807) is 12.1 Å². The Labute approximate surface area is 168 Å². The summed E-state index contributed by atoms with van der Waals surface area (Å²) >= 11 is 0. The zero-order chi connectivity index (χ0) is 20.5. The molecular weight excluding hydrogens is 378 g/mol. The van der Waals surface area contributed by atoms with E-state index >= 15 is 0 Å². The standard InChI is InChI=1S/C21H23NO7/c1-2-20(23)26-12-11-25-10-9-22-21(24)29-19-8-7-18(28-14-15-13-27-15)16-5-3-4-6-17(16)19/h2-8,15H,1,9-14H2,(H,22,24). The van der Waals surface area contributed by atoms with Gasteiger partial charge in [-0.2, -0.15) is 0 Å². The number of benzene rings is 2. The van der Waals surface area contributed by atoms with Gasteiger partial charge in [-0.05, 0) is 12.1 Å². The van der Waals surface area contributed by atoms with Crippen LogP contribution in [0.25, 0.3) is 10.8 Å². The quantitative estimate of drug-likeness (QED) is 0.267. The van der Waals surface area contributed by atoms with Crippen molar-refractivity contribution in [3.05, 3.63) is 49.1 Å². The Balaban J connectivity index is 1.45. The maximum atomic E-state index is 12.1. The summed E-state index contributed by atoms with van der Waals surface area (Å²) in [5, 5.41) is 4.24. The Bertz CT molecular complexity index is 863. The van der Waals surface area contributed by atoms with Gasteiger partial charge in [0.15, 0.2) is 0 Å². The predicted octanol–water partition coefficient (Wildman–Crippen LogP) is 2.45. The Morgan fingerprint density at radius 1 is 1.10 bits per heavy atom. The SMILES string of the molecule is C=CC(=O)OCCOCCNC(=O)Oc1ccc(OCC2CO2)c2ccccc12. The topological polar surface area (TPSA) is 95.6 Å². The lowest BCUT2D eigenvalue weighted by Gasteiger charge is -2.12. The van der Waals surface area contributed by atoms with Crippen molar-refractivity contribution in [2.24, 2.45) is 0 Å². The first-order valence-corrected chi connectivity index (χ1v) is 9.26. The molecule has 0 bridgehead atoms. The fourth-order valence-corrected chi connectivity index (χ4v) is 2.53. The van der Waals surface area contributed by atoms with Crippen molar-refractivity contribution >= 4 is 22.8 Å².